The maximum atomic E-state index is 11.5. The number of cyclic esters (lactones) is 1. The zero-order valence-corrected chi connectivity index (χ0v) is 9.91. The molecule has 2 rings (SSSR count). The normalized spacial score (nSPS) is 17.1. The van der Waals surface area contributed by atoms with Gasteiger partial charge in [-0.2, -0.15) is 0 Å². The summed E-state index contributed by atoms with van der Waals surface area (Å²) in [7, 11) is 0. The Morgan fingerprint density at radius 1 is 1.39 bits per heavy atom. The van der Waals surface area contributed by atoms with E-state index in [1.54, 1.807) is 24.3 Å². The molecule has 1 N–H and O–H groups in total. The maximum absolute atomic E-state index is 11.5. The summed E-state index contributed by atoms with van der Waals surface area (Å²) in [6.45, 7) is 1.12. The first-order chi connectivity index (χ1) is 8.68. The van der Waals surface area contributed by atoms with E-state index < -0.39 is 18.0 Å². The number of amides is 1. The molecule has 0 aliphatic carbocycles. The number of ether oxygens (including phenoxy) is 1. The first kappa shape index (κ1) is 12.4. The summed E-state index contributed by atoms with van der Waals surface area (Å²) in [5, 5.41) is 9.26. The van der Waals surface area contributed by atoms with Crippen LogP contribution in [-0.4, -0.2) is 41.8 Å². The van der Waals surface area contributed by atoms with Crippen molar-refractivity contribution in [1.29, 1.82) is 0 Å². The van der Waals surface area contributed by atoms with Crippen LogP contribution in [0.4, 0.5) is 4.79 Å². The van der Waals surface area contributed by atoms with Crippen LogP contribution in [0, 0.1) is 0 Å². The number of hydrogen-bond donors (Lipinski definition) is 1. The van der Waals surface area contributed by atoms with Crippen LogP contribution < -0.4 is 0 Å². The maximum Gasteiger partial charge on any atom is 0.409 e. The quantitative estimate of drug-likeness (QED) is 0.881. The molecule has 1 unspecified atom stereocenters. The molecule has 1 aliphatic heterocycles. The Morgan fingerprint density at radius 3 is 2.72 bits per heavy atom. The Labute approximate surface area is 105 Å². The molecule has 1 fully saturated rings. The number of rotatable bonds is 4. The number of carboxylic acids is 1. The SMILES string of the molecule is O=C(O)C(CN1CCCOC1=O)c1ccccc1. The monoisotopic (exact) mass is 249 g/mol. The van der Waals surface area contributed by atoms with Crippen molar-refractivity contribution in [2.45, 2.75) is 12.3 Å². The van der Waals surface area contributed by atoms with E-state index in [1.807, 2.05) is 6.07 Å². The van der Waals surface area contributed by atoms with Crippen LogP contribution >= 0.6 is 0 Å². The number of carbonyl (C=O) groups is 2. The van der Waals surface area contributed by atoms with E-state index in [2.05, 4.69) is 0 Å². The van der Waals surface area contributed by atoms with Gasteiger partial charge in [-0.05, 0) is 12.0 Å². The van der Waals surface area contributed by atoms with Crippen LogP contribution in [-0.2, 0) is 9.53 Å². The van der Waals surface area contributed by atoms with Crippen LogP contribution in [0.25, 0.3) is 0 Å². The third kappa shape index (κ3) is 2.80. The molecule has 1 aromatic carbocycles. The van der Waals surface area contributed by atoms with E-state index in [0.29, 0.717) is 18.7 Å². The Kier molecular flexibility index (Phi) is 3.82. The highest BCUT2D eigenvalue weighted by Gasteiger charge is 2.27. The number of benzene rings is 1. The lowest BCUT2D eigenvalue weighted by Gasteiger charge is -2.28. The number of nitrogens with zero attached hydrogens (tertiary/aromatic N) is 1. The molecule has 0 radical (unpaired) electrons. The highest BCUT2D eigenvalue weighted by Crippen LogP contribution is 2.19. The molecule has 0 bridgehead atoms. The van der Waals surface area contributed by atoms with Gasteiger partial charge in [0.15, 0.2) is 0 Å². The fourth-order valence-corrected chi connectivity index (χ4v) is 2.00. The Morgan fingerprint density at radius 2 is 2.11 bits per heavy atom. The molecular weight excluding hydrogens is 234 g/mol. The van der Waals surface area contributed by atoms with Gasteiger partial charge in [0, 0.05) is 13.1 Å². The van der Waals surface area contributed by atoms with Crippen molar-refractivity contribution >= 4 is 12.1 Å². The number of hydrogen-bond acceptors (Lipinski definition) is 3. The summed E-state index contributed by atoms with van der Waals surface area (Å²) in [6.07, 6.45) is 0.316. The molecule has 0 spiro atoms. The molecule has 1 atom stereocenters. The minimum absolute atomic E-state index is 0.151. The second-order valence-corrected chi connectivity index (χ2v) is 4.22. The molecule has 0 saturated carbocycles. The first-order valence-corrected chi connectivity index (χ1v) is 5.88. The minimum Gasteiger partial charge on any atom is -0.481 e. The molecular formula is C13H15NO4. The smallest absolute Gasteiger partial charge is 0.409 e. The van der Waals surface area contributed by atoms with Crippen molar-refractivity contribution in [3.05, 3.63) is 35.9 Å². The van der Waals surface area contributed by atoms with Crippen molar-refractivity contribution in [2.24, 2.45) is 0 Å². The van der Waals surface area contributed by atoms with E-state index in [-0.39, 0.29) is 6.54 Å². The standard InChI is InChI=1S/C13H15NO4/c15-12(16)11(10-5-2-1-3-6-10)9-14-7-4-8-18-13(14)17/h1-3,5-6,11H,4,7-9H2,(H,15,16). The van der Waals surface area contributed by atoms with Crippen molar-refractivity contribution in [3.8, 4) is 0 Å². The summed E-state index contributed by atoms with van der Waals surface area (Å²) in [5.74, 6) is -1.64. The van der Waals surface area contributed by atoms with Crippen molar-refractivity contribution < 1.29 is 19.4 Å². The largest absolute Gasteiger partial charge is 0.481 e. The second-order valence-electron chi connectivity index (χ2n) is 4.22. The highest BCUT2D eigenvalue weighted by molar-refractivity contribution is 5.77. The summed E-state index contributed by atoms with van der Waals surface area (Å²) in [6, 6.07) is 8.93. The lowest BCUT2D eigenvalue weighted by Crippen LogP contribution is -2.41. The van der Waals surface area contributed by atoms with Crippen LogP contribution in [0.3, 0.4) is 0 Å². The summed E-state index contributed by atoms with van der Waals surface area (Å²) in [5.41, 5.74) is 0.698. The lowest BCUT2D eigenvalue weighted by molar-refractivity contribution is -0.139. The van der Waals surface area contributed by atoms with Gasteiger partial charge in [0.25, 0.3) is 0 Å². The van der Waals surface area contributed by atoms with Gasteiger partial charge >= 0.3 is 12.1 Å². The average Bonchev–Trinajstić information content (AvgIpc) is 2.38. The molecule has 1 aliphatic rings. The van der Waals surface area contributed by atoms with Gasteiger partial charge in [-0.3, -0.25) is 4.79 Å². The van der Waals surface area contributed by atoms with Crippen molar-refractivity contribution in [1.82, 2.24) is 4.90 Å². The molecule has 1 heterocycles. The predicted octanol–water partition coefficient (Wildman–Crippen LogP) is 1.70. The third-order valence-electron chi connectivity index (χ3n) is 2.96. The number of carboxylic acid groups (broad SMARTS) is 1. The van der Waals surface area contributed by atoms with E-state index in [9.17, 15) is 14.7 Å². The topological polar surface area (TPSA) is 66.8 Å². The Hall–Kier alpha value is -2.04. The fraction of sp³-hybridized carbons (Fsp3) is 0.385. The van der Waals surface area contributed by atoms with Crippen LogP contribution in [0.15, 0.2) is 30.3 Å². The summed E-state index contributed by atoms with van der Waals surface area (Å²) in [4.78, 5) is 24.2. The molecule has 1 amide bonds. The van der Waals surface area contributed by atoms with E-state index in [0.717, 1.165) is 6.42 Å². The fourth-order valence-electron chi connectivity index (χ4n) is 2.00. The van der Waals surface area contributed by atoms with Gasteiger partial charge in [-0.1, -0.05) is 30.3 Å². The van der Waals surface area contributed by atoms with Crippen LogP contribution in [0.5, 0.6) is 0 Å². The van der Waals surface area contributed by atoms with Gasteiger partial charge in [-0.15, -0.1) is 0 Å². The molecule has 18 heavy (non-hydrogen) atoms. The van der Waals surface area contributed by atoms with Gasteiger partial charge in [0.2, 0.25) is 0 Å². The molecule has 1 aromatic rings. The van der Waals surface area contributed by atoms with Gasteiger partial charge < -0.3 is 14.7 Å². The first-order valence-electron chi connectivity index (χ1n) is 5.88. The highest BCUT2D eigenvalue weighted by atomic mass is 16.6. The van der Waals surface area contributed by atoms with Crippen LogP contribution in [0.2, 0.25) is 0 Å². The molecule has 5 nitrogen and oxygen atoms in total. The Bertz CT molecular complexity index is 432. The third-order valence-corrected chi connectivity index (χ3v) is 2.96. The lowest BCUT2D eigenvalue weighted by atomic mass is 9.98. The van der Waals surface area contributed by atoms with E-state index in [1.165, 1.54) is 4.90 Å². The zero-order valence-electron chi connectivity index (χ0n) is 9.91. The van der Waals surface area contributed by atoms with Crippen molar-refractivity contribution in [3.63, 3.8) is 0 Å². The molecule has 0 aromatic heterocycles. The van der Waals surface area contributed by atoms with Gasteiger partial charge in [0.1, 0.15) is 0 Å². The summed E-state index contributed by atoms with van der Waals surface area (Å²) >= 11 is 0. The molecule has 1 saturated heterocycles. The second kappa shape index (κ2) is 5.53. The van der Waals surface area contributed by atoms with E-state index in [4.69, 9.17) is 4.74 Å². The molecule has 96 valence electrons. The predicted molar refractivity (Wildman–Crippen MR) is 64.4 cm³/mol. The summed E-state index contributed by atoms with van der Waals surface area (Å²) < 4.78 is 4.90. The van der Waals surface area contributed by atoms with Crippen LogP contribution in [0.1, 0.15) is 17.9 Å². The zero-order chi connectivity index (χ0) is 13.0. The number of aliphatic carboxylic acids is 1. The number of carbonyl (C=O) groups excluding carboxylic acids is 1. The minimum atomic E-state index is -0.931. The van der Waals surface area contributed by atoms with E-state index >= 15 is 0 Å². The van der Waals surface area contributed by atoms with Gasteiger partial charge in [0.05, 0.1) is 12.5 Å². The average molecular weight is 249 g/mol. The molecule has 5 heteroatoms. The van der Waals surface area contributed by atoms with Gasteiger partial charge in [-0.25, -0.2) is 4.79 Å². The van der Waals surface area contributed by atoms with Crippen molar-refractivity contribution in [2.75, 3.05) is 19.7 Å². The Balaban J connectivity index is 2.12.